The number of fused-ring (bicyclic) bond motifs is 1. The third-order valence-corrected chi connectivity index (χ3v) is 5.53. The Hall–Kier alpha value is -2.64. The average Bonchev–Trinajstić information content (AvgIpc) is 3.12. The molecule has 0 aliphatic rings. The Morgan fingerprint density at radius 1 is 1.11 bits per heavy atom. The maximum atomic E-state index is 14.1. The lowest BCUT2D eigenvalue weighted by Crippen LogP contribution is -2.30. The third-order valence-electron chi connectivity index (χ3n) is 4.00. The molecule has 0 aliphatic heterocycles. The predicted molar refractivity (Wildman–Crippen MR) is 108 cm³/mol. The third kappa shape index (κ3) is 3.74. The van der Waals surface area contributed by atoms with Crippen LogP contribution < -0.4 is 4.90 Å². The van der Waals surface area contributed by atoms with Gasteiger partial charge in [0.05, 0.1) is 11.2 Å². The molecule has 2 heterocycles. The summed E-state index contributed by atoms with van der Waals surface area (Å²) in [5.41, 5.74) is 1.71. The fraction of sp³-hybridized carbons (Fsp3) is 0.0500. The molecule has 0 aliphatic carbocycles. The summed E-state index contributed by atoms with van der Waals surface area (Å²) in [7, 11) is 0. The van der Waals surface area contributed by atoms with Crippen molar-refractivity contribution in [2.45, 2.75) is 6.54 Å². The molecule has 7 heteroatoms. The lowest BCUT2D eigenvalue weighted by Gasteiger charge is -2.20. The molecule has 0 saturated heterocycles. The first-order valence-corrected chi connectivity index (χ1v) is 9.74. The van der Waals surface area contributed by atoms with Crippen LogP contribution in [0.25, 0.3) is 10.2 Å². The number of halogens is 2. The topological polar surface area (TPSA) is 46.1 Å². The minimum absolute atomic E-state index is 0.201. The van der Waals surface area contributed by atoms with Crippen molar-refractivity contribution in [3.05, 3.63) is 88.4 Å². The van der Waals surface area contributed by atoms with Crippen molar-refractivity contribution >= 4 is 48.5 Å². The van der Waals surface area contributed by atoms with Crippen LogP contribution in [-0.2, 0) is 6.54 Å². The van der Waals surface area contributed by atoms with Crippen molar-refractivity contribution in [2.75, 3.05) is 4.90 Å². The second kappa shape index (κ2) is 7.54. The highest BCUT2D eigenvalue weighted by Crippen LogP contribution is 2.32. The number of hydrogen-bond acceptors (Lipinski definition) is 4. The highest BCUT2D eigenvalue weighted by molar-refractivity contribution is 9.10. The molecular formula is C20H13BrFN3OS. The molecule has 27 heavy (non-hydrogen) atoms. The maximum absolute atomic E-state index is 14.1. The molecule has 134 valence electrons. The first-order chi connectivity index (χ1) is 13.1. The predicted octanol–water partition coefficient (Wildman–Crippen LogP) is 5.44. The van der Waals surface area contributed by atoms with Crippen LogP contribution in [-0.4, -0.2) is 15.9 Å². The van der Waals surface area contributed by atoms with Gasteiger partial charge >= 0.3 is 0 Å². The summed E-state index contributed by atoms with van der Waals surface area (Å²) in [5.74, 6) is -0.596. The molecule has 0 spiro atoms. The first-order valence-electron chi connectivity index (χ1n) is 8.13. The molecule has 0 atom stereocenters. The van der Waals surface area contributed by atoms with E-state index in [1.807, 2.05) is 18.2 Å². The summed E-state index contributed by atoms with van der Waals surface area (Å²) in [5, 5.41) is 0.455. The molecule has 0 fully saturated rings. The number of para-hydroxylation sites is 1. The smallest absolute Gasteiger partial charge is 0.260 e. The van der Waals surface area contributed by atoms with E-state index in [0.717, 1.165) is 10.0 Å². The maximum Gasteiger partial charge on any atom is 0.260 e. The van der Waals surface area contributed by atoms with Crippen molar-refractivity contribution in [3.63, 3.8) is 0 Å². The summed E-state index contributed by atoms with van der Waals surface area (Å²) >= 11 is 4.69. The van der Waals surface area contributed by atoms with Crippen LogP contribution in [0.1, 0.15) is 15.9 Å². The minimum Gasteiger partial charge on any atom is -0.279 e. The van der Waals surface area contributed by atoms with Gasteiger partial charge in [0.25, 0.3) is 5.91 Å². The van der Waals surface area contributed by atoms with E-state index in [1.165, 1.54) is 17.4 Å². The number of carbonyl (C=O) groups excluding carboxylic acids is 1. The fourth-order valence-corrected chi connectivity index (χ4v) is 4.07. The molecule has 2 aromatic carbocycles. The van der Waals surface area contributed by atoms with E-state index in [0.29, 0.717) is 21.9 Å². The van der Waals surface area contributed by atoms with Crippen molar-refractivity contribution in [3.8, 4) is 0 Å². The largest absolute Gasteiger partial charge is 0.279 e. The number of amides is 1. The van der Waals surface area contributed by atoms with Gasteiger partial charge in [-0.15, -0.1) is 0 Å². The van der Waals surface area contributed by atoms with Gasteiger partial charge in [0.2, 0.25) is 0 Å². The summed E-state index contributed by atoms with van der Waals surface area (Å²) in [4.78, 5) is 23.2. The van der Waals surface area contributed by atoms with E-state index in [4.69, 9.17) is 0 Å². The van der Waals surface area contributed by atoms with Gasteiger partial charge in [-0.1, -0.05) is 39.4 Å². The Morgan fingerprint density at radius 2 is 1.89 bits per heavy atom. The van der Waals surface area contributed by atoms with Gasteiger partial charge in [-0.3, -0.25) is 14.7 Å². The molecule has 0 radical (unpaired) electrons. The Morgan fingerprint density at radius 3 is 2.63 bits per heavy atom. The molecule has 0 N–H and O–H groups in total. The van der Waals surface area contributed by atoms with Gasteiger partial charge in [-0.25, -0.2) is 9.37 Å². The van der Waals surface area contributed by atoms with Crippen LogP contribution in [0.5, 0.6) is 0 Å². The van der Waals surface area contributed by atoms with Gasteiger partial charge < -0.3 is 0 Å². The molecule has 0 saturated carbocycles. The number of hydrogen-bond donors (Lipinski definition) is 0. The van der Waals surface area contributed by atoms with Crippen LogP contribution in [0, 0.1) is 5.82 Å². The summed E-state index contributed by atoms with van der Waals surface area (Å²) in [6.45, 7) is 0.315. The highest BCUT2D eigenvalue weighted by Gasteiger charge is 2.22. The zero-order valence-electron chi connectivity index (χ0n) is 14.0. The van der Waals surface area contributed by atoms with Crippen LogP contribution in [0.2, 0.25) is 0 Å². The molecule has 4 nitrogen and oxygen atoms in total. The van der Waals surface area contributed by atoms with E-state index in [-0.39, 0.29) is 11.4 Å². The minimum atomic E-state index is -0.395. The Balaban J connectivity index is 1.79. The average molecular weight is 442 g/mol. The number of nitrogens with zero attached hydrogens (tertiary/aromatic N) is 3. The van der Waals surface area contributed by atoms with E-state index in [2.05, 4.69) is 25.9 Å². The highest BCUT2D eigenvalue weighted by atomic mass is 79.9. The van der Waals surface area contributed by atoms with Crippen LogP contribution in [0.3, 0.4) is 0 Å². The zero-order valence-corrected chi connectivity index (χ0v) is 16.4. The molecule has 4 rings (SSSR count). The van der Waals surface area contributed by atoms with Gasteiger partial charge in [0, 0.05) is 22.4 Å². The number of carbonyl (C=O) groups is 1. The van der Waals surface area contributed by atoms with E-state index in [9.17, 15) is 9.18 Å². The molecule has 2 aromatic heterocycles. The van der Waals surface area contributed by atoms with Crippen molar-refractivity contribution in [2.24, 2.45) is 0 Å². The van der Waals surface area contributed by atoms with Crippen LogP contribution in [0.4, 0.5) is 9.52 Å². The number of rotatable bonds is 4. The van der Waals surface area contributed by atoms with Gasteiger partial charge in [-0.05, 0) is 48.0 Å². The Bertz CT molecular complexity index is 1120. The van der Waals surface area contributed by atoms with E-state index < -0.39 is 5.82 Å². The summed E-state index contributed by atoms with van der Waals surface area (Å²) in [6.07, 6.45) is 3.35. The quantitative estimate of drug-likeness (QED) is 0.423. The number of benzene rings is 2. The molecule has 1 amide bonds. The fourth-order valence-electron chi connectivity index (χ4n) is 2.69. The van der Waals surface area contributed by atoms with Crippen LogP contribution >= 0.6 is 27.3 Å². The zero-order chi connectivity index (χ0) is 18.8. The molecule has 0 unspecified atom stereocenters. The first kappa shape index (κ1) is 17.8. The lowest BCUT2D eigenvalue weighted by molar-refractivity contribution is 0.0985. The number of thiazole rings is 1. The van der Waals surface area contributed by atoms with Crippen LogP contribution in [0.15, 0.2) is 71.5 Å². The van der Waals surface area contributed by atoms with Gasteiger partial charge in [-0.2, -0.15) is 0 Å². The molecular weight excluding hydrogens is 429 g/mol. The second-order valence-corrected chi connectivity index (χ2v) is 7.76. The SMILES string of the molecule is O=C(c1cccc(Br)c1)N(Cc1ccncc1)c1nc2c(F)cccc2s1. The van der Waals surface area contributed by atoms with Crippen molar-refractivity contribution in [1.82, 2.24) is 9.97 Å². The second-order valence-electron chi connectivity index (χ2n) is 5.84. The lowest BCUT2D eigenvalue weighted by atomic mass is 10.2. The number of pyridine rings is 1. The van der Waals surface area contributed by atoms with Gasteiger partial charge in [0.15, 0.2) is 5.13 Å². The number of aromatic nitrogens is 2. The Labute approximate surface area is 167 Å². The summed E-state index contributed by atoms with van der Waals surface area (Å²) < 4.78 is 15.6. The van der Waals surface area contributed by atoms with E-state index in [1.54, 1.807) is 47.6 Å². The Kier molecular flexibility index (Phi) is 4.96. The monoisotopic (exact) mass is 441 g/mol. The van der Waals surface area contributed by atoms with E-state index >= 15 is 0 Å². The van der Waals surface area contributed by atoms with Crippen molar-refractivity contribution in [1.29, 1.82) is 0 Å². The summed E-state index contributed by atoms with van der Waals surface area (Å²) in [6, 6.07) is 15.7. The van der Waals surface area contributed by atoms with Gasteiger partial charge in [0.1, 0.15) is 11.3 Å². The normalized spacial score (nSPS) is 10.9. The number of anilines is 1. The molecule has 0 bridgehead atoms. The van der Waals surface area contributed by atoms with Crippen molar-refractivity contribution < 1.29 is 9.18 Å². The standard InChI is InChI=1S/C20H13BrFN3OS/c21-15-4-1-3-14(11-15)19(26)25(12-13-7-9-23-10-8-13)20-24-18-16(22)5-2-6-17(18)27-20/h1-11H,12H2. The molecule has 4 aromatic rings.